The van der Waals surface area contributed by atoms with Gasteiger partial charge >= 0.3 is 0 Å². The van der Waals surface area contributed by atoms with Crippen LogP contribution in [0.2, 0.25) is 10.0 Å². The Hall–Kier alpha value is -2.34. The lowest BCUT2D eigenvalue weighted by atomic mass is 10.1. The fourth-order valence-corrected chi connectivity index (χ4v) is 6.31. The highest BCUT2D eigenvalue weighted by Gasteiger charge is 2.34. The Labute approximate surface area is 260 Å². The number of hydrogen-bond donors (Lipinski definition) is 1. The van der Waals surface area contributed by atoms with Gasteiger partial charge in [0.25, 0.3) is 10.0 Å². The lowest BCUT2D eigenvalue weighted by Gasteiger charge is -2.34. The van der Waals surface area contributed by atoms with Crippen LogP contribution in [0.25, 0.3) is 0 Å². The van der Waals surface area contributed by atoms with Crippen molar-refractivity contribution in [3.63, 3.8) is 0 Å². The van der Waals surface area contributed by atoms with Crippen LogP contribution in [-0.4, -0.2) is 43.8 Å². The third-order valence-corrected chi connectivity index (χ3v) is 9.56. The molecule has 11 heteroatoms. The Morgan fingerprint density at radius 1 is 0.950 bits per heavy atom. The molecule has 7 nitrogen and oxygen atoms in total. The van der Waals surface area contributed by atoms with Gasteiger partial charge in [-0.05, 0) is 96.5 Å². The minimum absolute atomic E-state index is 0.00676. The zero-order valence-corrected chi connectivity index (χ0v) is 27.0. The van der Waals surface area contributed by atoms with Crippen LogP contribution in [-0.2, 0) is 26.2 Å². The molecule has 0 heterocycles. The van der Waals surface area contributed by atoms with Crippen LogP contribution in [0.4, 0.5) is 5.69 Å². The number of benzene rings is 3. The van der Waals surface area contributed by atoms with Gasteiger partial charge in [-0.2, -0.15) is 0 Å². The predicted octanol–water partition coefficient (Wildman–Crippen LogP) is 6.52. The first-order valence-corrected chi connectivity index (χ1v) is 16.1. The zero-order valence-electron chi connectivity index (χ0n) is 22.5. The summed E-state index contributed by atoms with van der Waals surface area (Å²) in [5.74, 6) is -0.864. The maximum atomic E-state index is 14.1. The number of carbonyl (C=O) groups is 2. The molecule has 214 valence electrons. The maximum Gasteiger partial charge on any atom is 0.264 e. The van der Waals surface area contributed by atoms with Gasteiger partial charge in [-0.15, -0.1) is 0 Å². The van der Waals surface area contributed by atoms with E-state index in [-0.39, 0.29) is 23.4 Å². The van der Waals surface area contributed by atoms with E-state index in [1.54, 1.807) is 60.7 Å². The molecule has 0 fully saturated rings. The van der Waals surface area contributed by atoms with Crippen molar-refractivity contribution in [1.29, 1.82) is 0 Å². The van der Waals surface area contributed by atoms with E-state index in [4.69, 9.17) is 23.2 Å². The summed E-state index contributed by atoms with van der Waals surface area (Å²) in [4.78, 5) is 28.9. The van der Waals surface area contributed by atoms with Crippen molar-refractivity contribution < 1.29 is 18.0 Å². The van der Waals surface area contributed by atoms with E-state index in [0.29, 0.717) is 27.7 Å². The molecule has 3 aromatic rings. The van der Waals surface area contributed by atoms with E-state index in [9.17, 15) is 18.0 Å². The van der Waals surface area contributed by atoms with Crippen LogP contribution in [0.3, 0.4) is 0 Å². The smallest absolute Gasteiger partial charge is 0.264 e. The monoisotopic (exact) mass is 715 g/mol. The molecule has 0 aliphatic rings. The summed E-state index contributed by atoms with van der Waals surface area (Å²) in [5, 5.41) is 3.73. The van der Waals surface area contributed by atoms with Gasteiger partial charge in [0.05, 0.1) is 10.6 Å². The summed E-state index contributed by atoms with van der Waals surface area (Å²) in [6, 6.07) is 18.8. The average Bonchev–Trinajstić information content (AvgIpc) is 2.93. The molecule has 0 radical (unpaired) electrons. The van der Waals surface area contributed by atoms with Crippen molar-refractivity contribution in [2.24, 2.45) is 0 Å². The predicted molar refractivity (Wildman–Crippen MR) is 169 cm³/mol. The van der Waals surface area contributed by atoms with E-state index in [0.717, 1.165) is 14.3 Å². The molecule has 0 saturated heterocycles. The second-order valence-electron chi connectivity index (χ2n) is 9.30. The fourth-order valence-electron chi connectivity index (χ4n) is 4.05. The van der Waals surface area contributed by atoms with Gasteiger partial charge in [0.15, 0.2) is 0 Å². The van der Waals surface area contributed by atoms with Gasteiger partial charge < -0.3 is 10.2 Å². The zero-order chi connectivity index (χ0) is 29.4. The summed E-state index contributed by atoms with van der Waals surface area (Å²) in [6.45, 7) is 5.12. The van der Waals surface area contributed by atoms with E-state index in [1.165, 1.54) is 17.0 Å². The van der Waals surface area contributed by atoms with Crippen LogP contribution >= 0.6 is 45.8 Å². The van der Waals surface area contributed by atoms with Gasteiger partial charge in [-0.25, -0.2) is 8.42 Å². The van der Waals surface area contributed by atoms with E-state index in [2.05, 4.69) is 27.9 Å². The molecule has 40 heavy (non-hydrogen) atoms. The Balaban J connectivity index is 2.07. The number of hydrogen-bond acceptors (Lipinski definition) is 4. The van der Waals surface area contributed by atoms with Crippen LogP contribution in [0.15, 0.2) is 77.7 Å². The molecule has 0 unspecified atom stereocenters. The number of anilines is 1. The molecule has 3 rings (SSSR count). The first kappa shape index (κ1) is 32.2. The number of halogens is 3. The van der Waals surface area contributed by atoms with Gasteiger partial charge in [-0.1, -0.05) is 61.3 Å². The minimum Gasteiger partial charge on any atom is -0.352 e. The quantitative estimate of drug-likeness (QED) is 0.217. The summed E-state index contributed by atoms with van der Waals surface area (Å²) < 4.78 is 29.6. The SMILES string of the molecule is CC[C@@H](C)NC(=O)[C@@H](CC)N(Cc1ccc(Cl)cc1Cl)C(=O)CN(c1ccc(I)cc1)S(=O)(=O)c1ccccc1. The highest BCUT2D eigenvalue weighted by molar-refractivity contribution is 14.1. The van der Waals surface area contributed by atoms with E-state index >= 15 is 0 Å². The van der Waals surface area contributed by atoms with Gasteiger partial charge in [0, 0.05) is 26.2 Å². The molecule has 0 aromatic heterocycles. The lowest BCUT2D eigenvalue weighted by molar-refractivity contribution is -0.140. The second kappa shape index (κ2) is 14.5. The Bertz CT molecular complexity index is 1420. The first-order valence-electron chi connectivity index (χ1n) is 12.8. The summed E-state index contributed by atoms with van der Waals surface area (Å²) in [7, 11) is -4.12. The third-order valence-electron chi connectivity index (χ3n) is 6.47. The Kier molecular flexibility index (Phi) is 11.7. The summed E-state index contributed by atoms with van der Waals surface area (Å²) in [6.07, 6.45) is 1.03. The van der Waals surface area contributed by atoms with Crippen LogP contribution in [0.5, 0.6) is 0 Å². The number of amides is 2. The molecule has 2 atom stereocenters. The Morgan fingerprint density at radius 3 is 2.17 bits per heavy atom. The number of sulfonamides is 1. The highest BCUT2D eigenvalue weighted by atomic mass is 127. The molecular weight excluding hydrogens is 684 g/mol. The first-order chi connectivity index (χ1) is 19.0. The number of rotatable bonds is 12. The molecule has 2 amide bonds. The molecule has 3 aromatic carbocycles. The van der Waals surface area contributed by atoms with Crippen molar-refractivity contribution >= 4 is 73.3 Å². The standard InChI is InChI=1S/C29H32Cl2IN3O4S/c1-4-20(3)33-29(37)27(5-2)34(18-21-11-12-22(30)17-26(21)31)28(36)19-35(24-15-13-23(32)14-16-24)40(38,39)25-9-7-6-8-10-25/h6-17,20,27H,4-5,18-19H2,1-3H3,(H,33,37)/t20-,27-/m1/s1. The summed E-state index contributed by atoms with van der Waals surface area (Å²) in [5.41, 5.74) is 0.917. The lowest BCUT2D eigenvalue weighted by Crippen LogP contribution is -2.53. The highest BCUT2D eigenvalue weighted by Crippen LogP contribution is 2.27. The average molecular weight is 716 g/mol. The largest absolute Gasteiger partial charge is 0.352 e. The van der Waals surface area contributed by atoms with Crippen molar-refractivity contribution in [2.45, 2.75) is 57.1 Å². The van der Waals surface area contributed by atoms with Crippen molar-refractivity contribution in [3.05, 3.63) is 92.0 Å². The summed E-state index contributed by atoms with van der Waals surface area (Å²) >= 11 is 14.7. The van der Waals surface area contributed by atoms with Crippen molar-refractivity contribution in [2.75, 3.05) is 10.8 Å². The normalized spacial score (nSPS) is 12.8. The molecule has 0 bridgehead atoms. The third kappa shape index (κ3) is 8.11. The molecule has 0 saturated carbocycles. The van der Waals surface area contributed by atoms with Crippen LogP contribution in [0.1, 0.15) is 39.2 Å². The second-order valence-corrected chi connectivity index (χ2v) is 13.3. The van der Waals surface area contributed by atoms with Crippen molar-refractivity contribution in [1.82, 2.24) is 10.2 Å². The maximum absolute atomic E-state index is 14.1. The van der Waals surface area contributed by atoms with E-state index < -0.39 is 28.5 Å². The van der Waals surface area contributed by atoms with E-state index in [1.807, 2.05) is 20.8 Å². The molecule has 0 spiro atoms. The molecule has 1 N–H and O–H groups in total. The van der Waals surface area contributed by atoms with Crippen molar-refractivity contribution in [3.8, 4) is 0 Å². The topological polar surface area (TPSA) is 86.8 Å². The fraction of sp³-hybridized carbons (Fsp3) is 0.310. The molecule has 0 aliphatic heterocycles. The van der Waals surface area contributed by atoms with Gasteiger partial charge in [-0.3, -0.25) is 13.9 Å². The minimum atomic E-state index is -4.12. The molecule has 0 aliphatic carbocycles. The number of nitrogens with one attached hydrogen (secondary N) is 1. The van der Waals surface area contributed by atoms with Gasteiger partial charge in [0.1, 0.15) is 12.6 Å². The molecular formula is C29H32Cl2IN3O4S. The Morgan fingerprint density at radius 2 is 1.60 bits per heavy atom. The van der Waals surface area contributed by atoms with Gasteiger partial charge in [0.2, 0.25) is 11.8 Å². The van der Waals surface area contributed by atoms with Crippen LogP contribution < -0.4 is 9.62 Å². The number of carbonyl (C=O) groups excluding carboxylic acids is 2. The van der Waals surface area contributed by atoms with Crippen LogP contribution in [0, 0.1) is 3.57 Å². The number of nitrogens with zero attached hydrogens (tertiary/aromatic N) is 2.